The Bertz CT molecular complexity index is 1250. The van der Waals surface area contributed by atoms with Gasteiger partial charge < -0.3 is 10.2 Å². The monoisotopic (exact) mass is 424 g/mol. The number of primary sulfonamides is 1. The Morgan fingerprint density at radius 2 is 1.87 bits per heavy atom. The van der Waals surface area contributed by atoms with Gasteiger partial charge >= 0.3 is 0 Å². The molecule has 1 aliphatic heterocycles. The van der Waals surface area contributed by atoms with E-state index in [9.17, 15) is 18.5 Å². The van der Waals surface area contributed by atoms with Crippen molar-refractivity contribution >= 4 is 21.5 Å². The van der Waals surface area contributed by atoms with E-state index < -0.39 is 15.9 Å². The second kappa shape index (κ2) is 7.16. The number of hydrogen-bond donors (Lipinski definition) is 2. The number of nitriles is 1. The topological polar surface area (TPSA) is 143 Å². The highest BCUT2D eigenvalue weighted by molar-refractivity contribution is 7.89. The van der Waals surface area contributed by atoms with Crippen molar-refractivity contribution in [2.45, 2.75) is 37.0 Å². The quantitative estimate of drug-likeness (QED) is 0.770. The van der Waals surface area contributed by atoms with Gasteiger partial charge in [0, 0.05) is 23.4 Å². The Kier molecular flexibility index (Phi) is 4.76. The molecule has 4 N–H and O–H groups in total. The number of aryl methyl sites for hydroxylation is 1. The Labute approximate surface area is 174 Å². The number of rotatable bonds is 3. The maximum Gasteiger partial charge on any atom is 0.238 e. The van der Waals surface area contributed by atoms with Crippen molar-refractivity contribution < 1.29 is 17.6 Å². The summed E-state index contributed by atoms with van der Waals surface area (Å²) in [5.74, 6) is 0.646. The number of carbonyl (C=O) groups is 1. The third-order valence-electron chi connectivity index (χ3n) is 5.38. The van der Waals surface area contributed by atoms with E-state index in [0.717, 1.165) is 0 Å². The maximum atomic E-state index is 13.0. The largest absolute Gasteiger partial charge is 0.465 e. The highest BCUT2D eigenvalue weighted by Gasteiger charge is 2.41. The predicted octanol–water partition coefficient (Wildman–Crippen LogP) is 2.54. The van der Waals surface area contributed by atoms with Gasteiger partial charge in [0.05, 0.1) is 22.5 Å². The van der Waals surface area contributed by atoms with Gasteiger partial charge in [-0.25, -0.2) is 13.6 Å². The molecule has 30 heavy (non-hydrogen) atoms. The third-order valence-corrected chi connectivity index (χ3v) is 6.31. The highest BCUT2D eigenvalue weighted by atomic mass is 32.2. The summed E-state index contributed by atoms with van der Waals surface area (Å²) >= 11 is 0. The Hall–Kier alpha value is -3.35. The molecule has 0 bridgehead atoms. The smallest absolute Gasteiger partial charge is 0.238 e. The first-order valence-corrected chi connectivity index (χ1v) is 10.9. The van der Waals surface area contributed by atoms with E-state index in [1.807, 2.05) is 0 Å². The van der Waals surface area contributed by atoms with Gasteiger partial charge in [-0.3, -0.25) is 9.69 Å². The number of benzene rings is 1. The zero-order valence-corrected chi connectivity index (χ0v) is 17.1. The fraction of sp³-hybridized carbons (Fsp3) is 0.238. The molecule has 4 rings (SSSR count). The first kappa shape index (κ1) is 19.9. The number of Topliss-reactive ketones (excluding diaryl/α,β-unsaturated/α-hetero) is 1. The van der Waals surface area contributed by atoms with Gasteiger partial charge in [-0.05, 0) is 56.2 Å². The Morgan fingerprint density at radius 1 is 1.17 bits per heavy atom. The minimum absolute atomic E-state index is 0.0378. The van der Waals surface area contributed by atoms with Gasteiger partial charge in [0.2, 0.25) is 10.0 Å². The molecule has 1 unspecified atom stereocenters. The molecule has 2 heterocycles. The van der Waals surface area contributed by atoms with Crippen LogP contribution in [0, 0.1) is 18.3 Å². The molecule has 0 spiro atoms. The molecule has 8 nitrogen and oxygen atoms in total. The van der Waals surface area contributed by atoms with E-state index in [2.05, 4.69) is 6.07 Å². The van der Waals surface area contributed by atoms with Crippen LogP contribution in [0.3, 0.4) is 0 Å². The zero-order valence-electron chi connectivity index (χ0n) is 16.3. The van der Waals surface area contributed by atoms with Crippen molar-refractivity contribution in [3.05, 3.63) is 70.6 Å². The number of allylic oxidation sites excluding steroid dienone is 3. The molecule has 0 saturated carbocycles. The molecule has 1 aliphatic carbocycles. The van der Waals surface area contributed by atoms with E-state index >= 15 is 0 Å². The number of sulfonamides is 1. The summed E-state index contributed by atoms with van der Waals surface area (Å²) in [4.78, 5) is 14.6. The molecular formula is C21H20N4O4S. The van der Waals surface area contributed by atoms with E-state index in [-0.39, 0.29) is 22.1 Å². The van der Waals surface area contributed by atoms with Crippen LogP contribution in [-0.2, 0) is 14.8 Å². The molecule has 1 aromatic carbocycles. The first-order chi connectivity index (χ1) is 14.2. The van der Waals surface area contributed by atoms with Crippen molar-refractivity contribution in [1.82, 2.24) is 0 Å². The van der Waals surface area contributed by atoms with E-state index in [0.29, 0.717) is 47.7 Å². The van der Waals surface area contributed by atoms with Crippen LogP contribution >= 0.6 is 0 Å². The average molecular weight is 424 g/mol. The second-order valence-electron chi connectivity index (χ2n) is 7.30. The Morgan fingerprint density at radius 3 is 2.43 bits per heavy atom. The number of nitrogens with zero attached hydrogens (tertiary/aromatic N) is 2. The highest BCUT2D eigenvalue weighted by Crippen LogP contribution is 2.46. The molecule has 1 aromatic heterocycles. The van der Waals surface area contributed by atoms with Crippen molar-refractivity contribution in [3.8, 4) is 6.07 Å². The van der Waals surface area contributed by atoms with Gasteiger partial charge in [0.15, 0.2) is 5.78 Å². The maximum absolute atomic E-state index is 13.0. The Balaban J connectivity index is 1.92. The minimum Gasteiger partial charge on any atom is -0.465 e. The van der Waals surface area contributed by atoms with Crippen LogP contribution in [0.1, 0.15) is 36.7 Å². The average Bonchev–Trinajstić information content (AvgIpc) is 3.13. The SMILES string of the molecule is Cc1ccc(C2C(C#N)=C(N)N(c3ccc(S(N)(=O)=O)cc3)C3=C2C(=O)CCC3)o1. The number of hydrogen-bond acceptors (Lipinski definition) is 7. The second-order valence-corrected chi connectivity index (χ2v) is 8.86. The van der Waals surface area contributed by atoms with E-state index in [1.54, 1.807) is 36.1 Å². The lowest BCUT2D eigenvalue weighted by atomic mass is 9.77. The molecule has 0 amide bonds. The zero-order chi connectivity index (χ0) is 21.6. The van der Waals surface area contributed by atoms with Crippen LogP contribution in [0.15, 0.2) is 68.4 Å². The lowest BCUT2D eigenvalue weighted by Crippen LogP contribution is -2.38. The van der Waals surface area contributed by atoms with Crippen LogP contribution in [-0.4, -0.2) is 14.2 Å². The lowest BCUT2D eigenvalue weighted by Gasteiger charge is -2.39. The molecule has 0 radical (unpaired) electrons. The number of ketones is 1. The summed E-state index contributed by atoms with van der Waals surface area (Å²) in [6.45, 7) is 1.79. The molecule has 2 aromatic rings. The number of anilines is 1. The molecule has 0 fully saturated rings. The van der Waals surface area contributed by atoms with Crippen molar-refractivity contribution in [2.24, 2.45) is 10.9 Å². The standard InChI is InChI=1S/C21H20N4O4S/c1-12-5-10-18(29-12)19-15(11-22)21(23)25(16-3-2-4-17(26)20(16)19)13-6-8-14(9-7-13)30(24,27)28/h5-10,19H,2-4,23H2,1H3,(H2,24,27,28). The first-order valence-electron chi connectivity index (χ1n) is 9.37. The van der Waals surface area contributed by atoms with Crippen LogP contribution in [0.5, 0.6) is 0 Å². The number of nitrogens with two attached hydrogens (primary N) is 2. The summed E-state index contributed by atoms with van der Waals surface area (Å²) in [6, 6.07) is 11.6. The summed E-state index contributed by atoms with van der Waals surface area (Å²) in [7, 11) is -3.85. The van der Waals surface area contributed by atoms with Crippen LogP contribution in [0.4, 0.5) is 5.69 Å². The van der Waals surface area contributed by atoms with Crippen LogP contribution in [0.25, 0.3) is 0 Å². The van der Waals surface area contributed by atoms with Gasteiger partial charge in [0.1, 0.15) is 17.3 Å². The van der Waals surface area contributed by atoms with Gasteiger partial charge in [-0.15, -0.1) is 0 Å². The summed E-state index contributed by atoms with van der Waals surface area (Å²) in [5.41, 5.74) is 8.39. The van der Waals surface area contributed by atoms with Crippen molar-refractivity contribution in [2.75, 3.05) is 4.90 Å². The molecule has 0 saturated heterocycles. The van der Waals surface area contributed by atoms with E-state index in [4.69, 9.17) is 15.3 Å². The van der Waals surface area contributed by atoms with Crippen molar-refractivity contribution in [3.63, 3.8) is 0 Å². The lowest BCUT2D eigenvalue weighted by molar-refractivity contribution is -0.116. The third kappa shape index (κ3) is 3.20. The normalized spacial score (nSPS) is 19.7. The molecule has 2 aliphatic rings. The molecule has 154 valence electrons. The fourth-order valence-corrected chi connectivity index (χ4v) is 4.57. The van der Waals surface area contributed by atoms with Gasteiger partial charge in [-0.1, -0.05) is 0 Å². The molecule has 9 heteroatoms. The summed E-state index contributed by atoms with van der Waals surface area (Å²) < 4.78 is 28.9. The summed E-state index contributed by atoms with van der Waals surface area (Å²) in [6.07, 6.45) is 1.63. The molecular weight excluding hydrogens is 404 g/mol. The number of furan rings is 1. The van der Waals surface area contributed by atoms with Gasteiger partial charge in [0.25, 0.3) is 0 Å². The number of carbonyl (C=O) groups excluding carboxylic acids is 1. The fourth-order valence-electron chi connectivity index (χ4n) is 4.06. The summed E-state index contributed by atoms with van der Waals surface area (Å²) in [5, 5.41) is 15.1. The van der Waals surface area contributed by atoms with E-state index in [1.165, 1.54) is 12.1 Å². The minimum atomic E-state index is -3.85. The van der Waals surface area contributed by atoms with Crippen molar-refractivity contribution in [1.29, 1.82) is 5.26 Å². The van der Waals surface area contributed by atoms with Crippen LogP contribution < -0.4 is 15.8 Å². The predicted molar refractivity (Wildman–Crippen MR) is 109 cm³/mol. The molecule has 1 atom stereocenters. The van der Waals surface area contributed by atoms with Crippen LogP contribution in [0.2, 0.25) is 0 Å². The van der Waals surface area contributed by atoms with Gasteiger partial charge in [-0.2, -0.15) is 5.26 Å².